The topological polar surface area (TPSA) is 100 Å². The van der Waals surface area contributed by atoms with E-state index >= 15 is 0 Å². The van der Waals surface area contributed by atoms with Crippen molar-refractivity contribution in [1.82, 2.24) is 14.8 Å². The van der Waals surface area contributed by atoms with E-state index in [1.54, 1.807) is 0 Å². The van der Waals surface area contributed by atoms with Gasteiger partial charge in [0.2, 0.25) is 0 Å². The maximum Gasteiger partial charge on any atom is 0.273 e. The zero-order chi connectivity index (χ0) is 15.6. The van der Waals surface area contributed by atoms with Crippen molar-refractivity contribution in [3.05, 3.63) is 29.8 Å². The summed E-state index contributed by atoms with van der Waals surface area (Å²) >= 11 is 0. The molecule has 0 saturated carbocycles. The minimum atomic E-state index is -4.19. The van der Waals surface area contributed by atoms with Gasteiger partial charge < -0.3 is 4.74 Å². The molecule has 1 aromatic carbocycles. The van der Waals surface area contributed by atoms with Crippen molar-refractivity contribution in [3.63, 3.8) is 0 Å². The van der Waals surface area contributed by atoms with Gasteiger partial charge in [-0.25, -0.2) is 22.3 Å². The van der Waals surface area contributed by atoms with Crippen LogP contribution in [0.5, 0.6) is 0 Å². The number of halogens is 2. The van der Waals surface area contributed by atoms with Gasteiger partial charge in [-0.1, -0.05) is 6.07 Å². The number of nitrogens with zero attached hydrogens (tertiary/aromatic N) is 3. The fourth-order valence-corrected chi connectivity index (χ4v) is 2.42. The quantitative estimate of drug-likeness (QED) is 0.866. The Morgan fingerprint density at radius 2 is 1.90 bits per heavy atom. The van der Waals surface area contributed by atoms with Gasteiger partial charge >= 0.3 is 0 Å². The third kappa shape index (κ3) is 3.06. The third-order valence-electron chi connectivity index (χ3n) is 2.68. The normalized spacial score (nSPS) is 11.8. The Morgan fingerprint density at radius 3 is 2.43 bits per heavy atom. The molecule has 114 valence electrons. The summed E-state index contributed by atoms with van der Waals surface area (Å²) in [7, 11) is -2.79. The van der Waals surface area contributed by atoms with Crippen LogP contribution in [0.25, 0.3) is 11.4 Å². The first-order chi connectivity index (χ1) is 9.86. The number of primary sulfonamides is 1. The SMILES string of the molecule is COCCn1c(-c2c(F)cccc2F)nnc1S(N)(=O)=O. The van der Waals surface area contributed by atoms with Crippen LogP contribution in [0.1, 0.15) is 0 Å². The van der Waals surface area contributed by atoms with Gasteiger partial charge in [0.15, 0.2) is 5.82 Å². The lowest BCUT2D eigenvalue weighted by Gasteiger charge is -2.09. The first-order valence-corrected chi connectivity index (χ1v) is 7.30. The second-order valence-corrected chi connectivity index (χ2v) is 5.55. The van der Waals surface area contributed by atoms with Crippen molar-refractivity contribution in [2.24, 2.45) is 5.14 Å². The Hall–Kier alpha value is -1.91. The predicted octanol–water partition coefficient (Wildman–Crippen LogP) is 0.517. The van der Waals surface area contributed by atoms with Crippen LogP contribution in [-0.2, 0) is 21.3 Å². The van der Waals surface area contributed by atoms with Gasteiger partial charge in [-0.3, -0.25) is 4.57 Å². The fraction of sp³-hybridized carbons (Fsp3) is 0.273. The van der Waals surface area contributed by atoms with Gasteiger partial charge in [0.1, 0.15) is 11.6 Å². The van der Waals surface area contributed by atoms with E-state index in [1.165, 1.54) is 13.2 Å². The summed E-state index contributed by atoms with van der Waals surface area (Å²) in [5.41, 5.74) is -0.476. The van der Waals surface area contributed by atoms with Gasteiger partial charge in [-0.15, -0.1) is 10.2 Å². The first kappa shape index (κ1) is 15.5. The number of methoxy groups -OCH3 is 1. The Balaban J connectivity index is 2.67. The lowest BCUT2D eigenvalue weighted by molar-refractivity contribution is 0.185. The maximum atomic E-state index is 13.8. The second kappa shape index (κ2) is 5.84. The molecule has 21 heavy (non-hydrogen) atoms. The summed E-state index contributed by atoms with van der Waals surface area (Å²) in [6, 6.07) is 3.25. The molecule has 0 aliphatic rings. The van der Waals surface area contributed by atoms with Gasteiger partial charge in [-0.2, -0.15) is 0 Å². The summed E-state index contributed by atoms with van der Waals surface area (Å²) in [5, 5.41) is 11.4. The molecule has 0 radical (unpaired) electrons. The van der Waals surface area contributed by atoms with E-state index in [2.05, 4.69) is 10.2 Å². The molecule has 1 aromatic heterocycles. The summed E-state index contributed by atoms with van der Waals surface area (Å²) in [6.07, 6.45) is 0. The van der Waals surface area contributed by atoms with Crippen LogP contribution < -0.4 is 5.14 Å². The van der Waals surface area contributed by atoms with E-state index in [1.807, 2.05) is 0 Å². The molecule has 2 rings (SSSR count). The van der Waals surface area contributed by atoms with Gasteiger partial charge in [0.05, 0.1) is 18.7 Å². The molecule has 7 nitrogen and oxygen atoms in total. The van der Waals surface area contributed by atoms with E-state index in [0.717, 1.165) is 16.7 Å². The van der Waals surface area contributed by atoms with Crippen LogP contribution in [0.2, 0.25) is 0 Å². The molecule has 2 aromatic rings. The van der Waals surface area contributed by atoms with Crippen LogP contribution in [0.4, 0.5) is 8.78 Å². The molecule has 0 bridgehead atoms. The predicted molar refractivity (Wildman–Crippen MR) is 68.6 cm³/mol. The van der Waals surface area contributed by atoms with Crippen molar-refractivity contribution >= 4 is 10.0 Å². The molecule has 0 unspecified atom stereocenters. The number of nitrogens with two attached hydrogens (primary N) is 1. The molecule has 2 N–H and O–H groups in total. The largest absolute Gasteiger partial charge is 0.383 e. The van der Waals surface area contributed by atoms with E-state index in [-0.39, 0.29) is 19.0 Å². The van der Waals surface area contributed by atoms with Crippen LogP contribution in [0.15, 0.2) is 23.4 Å². The minimum absolute atomic E-state index is 0.0294. The molecule has 0 spiro atoms. The van der Waals surface area contributed by atoms with Crippen LogP contribution >= 0.6 is 0 Å². The smallest absolute Gasteiger partial charge is 0.273 e. The van der Waals surface area contributed by atoms with Crippen LogP contribution in [0, 0.1) is 11.6 Å². The third-order valence-corrected chi connectivity index (χ3v) is 3.49. The highest BCUT2D eigenvalue weighted by Gasteiger charge is 2.25. The number of hydrogen-bond acceptors (Lipinski definition) is 5. The van der Waals surface area contributed by atoms with E-state index in [4.69, 9.17) is 9.88 Å². The number of aromatic nitrogens is 3. The molecule has 0 aliphatic heterocycles. The highest BCUT2D eigenvalue weighted by atomic mass is 32.2. The number of rotatable bonds is 5. The van der Waals surface area contributed by atoms with Gasteiger partial charge in [-0.05, 0) is 12.1 Å². The van der Waals surface area contributed by atoms with Crippen LogP contribution in [0.3, 0.4) is 0 Å². The fourth-order valence-electron chi connectivity index (χ4n) is 1.78. The highest BCUT2D eigenvalue weighted by Crippen LogP contribution is 2.25. The lowest BCUT2D eigenvalue weighted by atomic mass is 10.2. The van der Waals surface area contributed by atoms with Crippen molar-refractivity contribution in [2.75, 3.05) is 13.7 Å². The van der Waals surface area contributed by atoms with Gasteiger partial charge in [0.25, 0.3) is 15.2 Å². The summed E-state index contributed by atoms with van der Waals surface area (Å²) in [5.74, 6) is -2.05. The van der Waals surface area contributed by atoms with Crippen LogP contribution in [-0.4, -0.2) is 36.9 Å². The van der Waals surface area contributed by atoms with E-state index < -0.39 is 32.4 Å². The van der Waals surface area contributed by atoms with Crippen molar-refractivity contribution in [3.8, 4) is 11.4 Å². The Bertz CT molecular complexity index is 741. The van der Waals surface area contributed by atoms with Crippen molar-refractivity contribution < 1.29 is 21.9 Å². The average molecular weight is 318 g/mol. The molecule has 0 atom stereocenters. The molecule has 0 amide bonds. The summed E-state index contributed by atoms with van der Waals surface area (Å²) < 4.78 is 56.4. The second-order valence-electron chi connectivity index (χ2n) is 4.09. The zero-order valence-corrected chi connectivity index (χ0v) is 11.8. The molecule has 0 saturated heterocycles. The van der Waals surface area contributed by atoms with Crippen molar-refractivity contribution in [2.45, 2.75) is 11.7 Å². The Morgan fingerprint density at radius 1 is 1.29 bits per heavy atom. The Labute approximate surface area is 119 Å². The first-order valence-electron chi connectivity index (χ1n) is 5.75. The summed E-state index contributed by atoms with van der Waals surface area (Å²) in [4.78, 5) is 0. The standard InChI is InChI=1S/C11H12F2N4O3S/c1-20-6-5-17-10(15-16-11(17)21(14,18)19)9-7(12)3-2-4-8(9)13/h2-4H,5-6H2,1H3,(H2,14,18,19). The Kier molecular flexibility index (Phi) is 4.30. The summed E-state index contributed by atoms with van der Waals surface area (Å²) in [6.45, 7) is 0.0575. The molecule has 1 heterocycles. The number of ether oxygens (including phenoxy) is 1. The highest BCUT2D eigenvalue weighted by molar-refractivity contribution is 7.89. The number of benzene rings is 1. The monoisotopic (exact) mass is 318 g/mol. The minimum Gasteiger partial charge on any atom is -0.383 e. The molecular weight excluding hydrogens is 306 g/mol. The van der Waals surface area contributed by atoms with E-state index in [0.29, 0.717) is 0 Å². The van der Waals surface area contributed by atoms with Gasteiger partial charge in [0, 0.05) is 7.11 Å². The molecule has 0 fully saturated rings. The average Bonchev–Trinajstić information content (AvgIpc) is 2.79. The number of hydrogen-bond donors (Lipinski definition) is 1. The maximum absolute atomic E-state index is 13.8. The van der Waals surface area contributed by atoms with E-state index in [9.17, 15) is 17.2 Å². The molecule has 10 heteroatoms. The lowest BCUT2D eigenvalue weighted by Crippen LogP contribution is -2.20. The molecule has 0 aliphatic carbocycles. The number of sulfonamides is 1. The van der Waals surface area contributed by atoms with Crippen molar-refractivity contribution in [1.29, 1.82) is 0 Å². The molecular formula is C11H12F2N4O3S. The zero-order valence-electron chi connectivity index (χ0n) is 11.0.